The molecule has 0 radical (unpaired) electrons. The van der Waals surface area contributed by atoms with Gasteiger partial charge in [-0.25, -0.2) is 21.1 Å². The van der Waals surface area contributed by atoms with Gasteiger partial charge in [-0.05, 0) is 48.5 Å². The minimum absolute atomic E-state index is 0.0933. The van der Waals surface area contributed by atoms with Crippen molar-refractivity contribution >= 4 is 48.9 Å². The second kappa shape index (κ2) is 7.48. The van der Waals surface area contributed by atoms with Gasteiger partial charge in [0.25, 0.3) is 10.0 Å². The van der Waals surface area contributed by atoms with E-state index in [0.717, 1.165) is 0 Å². The van der Waals surface area contributed by atoms with Crippen LogP contribution < -0.4 is 14.3 Å². The first kappa shape index (κ1) is 20.8. The number of nitrogens with one attached hydrogen (secondary N) is 2. The van der Waals surface area contributed by atoms with E-state index in [2.05, 4.69) is 10.0 Å². The second-order valence-electron chi connectivity index (χ2n) is 6.64. The van der Waals surface area contributed by atoms with Crippen LogP contribution in [0.15, 0.2) is 53.4 Å². The zero-order chi connectivity index (χ0) is 21.4. The number of hydrogen-bond donors (Lipinski definition) is 2. The number of hydrogen-bond acceptors (Lipinski definition) is 6. The van der Waals surface area contributed by atoms with Gasteiger partial charge in [0.2, 0.25) is 21.8 Å². The fraction of sp³-hybridized carbons (Fsp3) is 0.222. The minimum atomic E-state index is -3.93. The zero-order valence-electron chi connectivity index (χ0n) is 15.6. The Labute approximate surface area is 168 Å². The fourth-order valence-electron chi connectivity index (χ4n) is 2.89. The summed E-state index contributed by atoms with van der Waals surface area (Å²) < 4.78 is 52.5. The highest BCUT2D eigenvalue weighted by atomic mass is 32.2. The maximum atomic E-state index is 12.6. The van der Waals surface area contributed by atoms with E-state index in [1.54, 1.807) is 12.1 Å². The fourth-order valence-corrected chi connectivity index (χ4v) is 5.77. The van der Waals surface area contributed by atoms with Gasteiger partial charge in [0, 0.05) is 18.3 Å². The molecule has 1 aliphatic rings. The van der Waals surface area contributed by atoms with Crippen LogP contribution in [-0.2, 0) is 29.6 Å². The second-order valence-corrected chi connectivity index (χ2v) is 10.2. The molecule has 2 aromatic carbocycles. The van der Waals surface area contributed by atoms with Gasteiger partial charge in [0.05, 0.1) is 22.3 Å². The summed E-state index contributed by atoms with van der Waals surface area (Å²) >= 11 is 0. The number of sulfonamides is 2. The van der Waals surface area contributed by atoms with Gasteiger partial charge in [-0.1, -0.05) is 6.92 Å². The van der Waals surface area contributed by atoms with Crippen molar-refractivity contribution in [1.82, 2.24) is 0 Å². The predicted molar refractivity (Wildman–Crippen MR) is 108 cm³/mol. The van der Waals surface area contributed by atoms with E-state index in [1.807, 2.05) is 0 Å². The maximum Gasteiger partial charge on any atom is 0.261 e. The monoisotopic (exact) mass is 437 g/mol. The molecule has 3 rings (SSSR count). The van der Waals surface area contributed by atoms with Crippen LogP contribution in [0, 0.1) is 5.92 Å². The molecule has 2 aromatic rings. The first-order valence-electron chi connectivity index (χ1n) is 8.57. The van der Waals surface area contributed by atoms with Crippen LogP contribution in [0.25, 0.3) is 0 Å². The molecular formula is C18H19N3O6S2. The molecule has 0 aliphatic carbocycles. The summed E-state index contributed by atoms with van der Waals surface area (Å²) in [7, 11) is -7.69. The molecule has 1 heterocycles. The summed E-state index contributed by atoms with van der Waals surface area (Å²) in [5, 5.41) is 2.58. The quantitative estimate of drug-likeness (QED) is 0.733. The molecule has 2 amide bonds. The third-order valence-electron chi connectivity index (χ3n) is 4.20. The minimum Gasteiger partial charge on any atom is -0.326 e. The Kier molecular flexibility index (Phi) is 5.37. The van der Waals surface area contributed by atoms with Crippen LogP contribution in [0.3, 0.4) is 0 Å². The lowest BCUT2D eigenvalue weighted by Gasteiger charge is -2.16. The largest absolute Gasteiger partial charge is 0.326 e. The van der Waals surface area contributed by atoms with Crippen molar-refractivity contribution in [3.63, 3.8) is 0 Å². The Morgan fingerprint density at radius 2 is 1.59 bits per heavy atom. The molecule has 1 aliphatic heterocycles. The number of anilines is 3. The van der Waals surface area contributed by atoms with E-state index in [4.69, 9.17) is 0 Å². The highest BCUT2D eigenvalue weighted by molar-refractivity contribution is 7.94. The first-order chi connectivity index (χ1) is 13.5. The first-order valence-corrected chi connectivity index (χ1v) is 11.7. The number of amides is 2. The van der Waals surface area contributed by atoms with Crippen LogP contribution in [-0.4, -0.2) is 34.4 Å². The summed E-state index contributed by atoms with van der Waals surface area (Å²) in [5.41, 5.74) is 0.905. The van der Waals surface area contributed by atoms with Gasteiger partial charge < -0.3 is 5.32 Å². The average Bonchev–Trinajstić information content (AvgIpc) is 2.83. The lowest BCUT2D eigenvalue weighted by atomic mass is 10.2. The molecule has 29 heavy (non-hydrogen) atoms. The van der Waals surface area contributed by atoms with Gasteiger partial charge in [-0.3, -0.25) is 14.3 Å². The van der Waals surface area contributed by atoms with E-state index in [1.165, 1.54) is 50.2 Å². The van der Waals surface area contributed by atoms with Crippen LogP contribution in [0.2, 0.25) is 0 Å². The predicted octanol–water partition coefficient (Wildman–Crippen LogP) is 1.76. The van der Waals surface area contributed by atoms with Crippen LogP contribution in [0.4, 0.5) is 17.1 Å². The van der Waals surface area contributed by atoms with Crippen LogP contribution in [0.1, 0.15) is 13.8 Å². The van der Waals surface area contributed by atoms with Crippen molar-refractivity contribution in [3.8, 4) is 0 Å². The lowest BCUT2D eigenvalue weighted by Crippen LogP contribution is -2.30. The number of rotatable bonds is 5. The Morgan fingerprint density at radius 1 is 1.03 bits per heavy atom. The Bertz CT molecular complexity index is 1160. The highest BCUT2D eigenvalue weighted by Crippen LogP contribution is 2.29. The van der Waals surface area contributed by atoms with Crippen molar-refractivity contribution in [2.24, 2.45) is 5.92 Å². The van der Waals surface area contributed by atoms with Gasteiger partial charge in [-0.15, -0.1) is 0 Å². The lowest BCUT2D eigenvalue weighted by molar-refractivity contribution is -0.119. The van der Waals surface area contributed by atoms with E-state index in [9.17, 15) is 26.4 Å². The number of carbonyl (C=O) groups excluding carboxylic acids is 2. The van der Waals surface area contributed by atoms with Gasteiger partial charge in [-0.2, -0.15) is 0 Å². The van der Waals surface area contributed by atoms with Crippen molar-refractivity contribution in [3.05, 3.63) is 48.5 Å². The Balaban J connectivity index is 1.80. The summed E-state index contributed by atoms with van der Waals surface area (Å²) in [6.07, 6.45) is 0. The smallest absolute Gasteiger partial charge is 0.261 e. The topological polar surface area (TPSA) is 130 Å². The number of benzene rings is 2. The third kappa shape index (κ3) is 4.40. The van der Waals surface area contributed by atoms with E-state index in [-0.39, 0.29) is 27.9 Å². The molecule has 0 aromatic heterocycles. The van der Waals surface area contributed by atoms with Gasteiger partial charge in [0.15, 0.2) is 0 Å². The number of nitrogens with zero attached hydrogens (tertiary/aromatic N) is 1. The normalized spacial score (nSPS) is 18.5. The summed E-state index contributed by atoms with van der Waals surface area (Å²) in [6, 6.07) is 11.1. The highest BCUT2D eigenvalue weighted by Gasteiger charge is 2.41. The van der Waals surface area contributed by atoms with Crippen molar-refractivity contribution in [2.75, 3.05) is 20.1 Å². The third-order valence-corrected chi connectivity index (χ3v) is 7.47. The molecule has 11 heteroatoms. The zero-order valence-corrected chi connectivity index (χ0v) is 17.2. The molecule has 1 saturated heterocycles. The summed E-state index contributed by atoms with van der Waals surface area (Å²) in [4.78, 5) is 23.1. The molecule has 0 bridgehead atoms. The SMILES string of the molecule is CC(=O)Nc1ccc(NS(=O)(=O)c2ccc(N3C(=O)[C@@H](C)CS3(=O)=O)cc2)cc1. The molecule has 1 atom stereocenters. The van der Waals surface area contributed by atoms with Gasteiger partial charge in [0.1, 0.15) is 0 Å². The molecule has 9 nitrogen and oxygen atoms in total. The molecule has 2 N–H and O–H groups in total. The molecule has 0 saturated carbocycles. The van der Waals surface area contributed by atoms with Crippen molar-refractivity contribution < 1.29 is 26.4 Å². The summed E-state index contributed by atoms with van der Waals surface area (Å²) in [5.74, 6) is -1.71. The van der Waals surface area contributed by atoms with Crippen LogP contribution in [0.5, 0.6) is 0 Å². The van der Waals surface area contributed by atoms with Gasteiger partial charge >= 0.3 is 0 Å². The van der Waals surface area contributed by atoms with Crippen LogP contribution >= 0.6 is 0 Å². The maximum absolute atomic E-state index is 12.6. The standard InChI is InChI=1S/C18H19N3O6S2/c1-12-11-28(24,25)21(18(12)23)16-7-9-17(10-8-16)29(26,27)20-15-5-3-14(4-6-15)19-13(2)22/h3-10,12,20H,11H2,1-2H3,(H,19,22)/t12-/m0/s1. The molecule has 154 valence electrons. The molecule has 1 fully saturated rings. The van der Waals surface area contributed by atoms with Crippen molar-refractivity contribution in [2.45, 2.75) is 18.7 Å². The van der Waals surface area contributed by atoms with E-state index < -0.39 is 31.9 Å². The molecule has 0 spiro atoms. The van der Waals surface area contributed by atoms with Crippen molar-refractivity contribution in [1.29, 1.82) is 0 Å². The molecule has 0 unspecified atom stereocenters. The Hall–Kier alpha value is -2.92. The number of carbonyl (C=O) groups is 2. The van der Waals surface area contributed by atoms with E-state index in [0.29, 0.717) is 9.99 Å². The Morgan fingerprint density at radius 3 is 2.07 bits per heavy atom. The molecular weight excluding hydrogens is 418 g/mol. The van der Waals surface area contributed by atoms with E-state index >= 15 is 0 Å². The average molecular weight is 437 g/mol. The summed E-state index contributed by atoms with van der Waals surface area (Å²) in [6.45, 7) is 2.89.